The number of rotatable bonds is 10. The van der Waals surface area contributed by atoms with E-state index in [1.807, 2.05) is 43.3 Å². The summed E-state index contributed by atoms with van der Waals surface area (Å²) in [7, 11) is 4.00. The molecule has 218 valence electrons. The molecule has 1 atom stereocenters. The van der Waals surface area contributed by atoms with E-state index in [9.17, 15) is 14.7 Å². The molecule has 42 heavy (non-hydrogen) atoms. The molecule has 0 aliphatic rings. The number of anilines is 2. The van der Waals surface area contributed by atoms with E-state index in [1.165, 1.54) is 5.56 Å². The largest absolute Gasteiger partial charge is 0.480 e. The Kier molecular flexibility index (Phi) is 9.59. The number of nitrogens with one attached hydrogen (secondary N) is 2. The summed E-state index contributed by atoms with van der Waals surface area (Å²) in [6, 6.07) is 28.2. The van der Waals surface area contributed by atoms with Gasteiger partial charge in [-0.15, -0.1) is 0 Å². The van der Waals surface area contributed by atoms with Crippen molar-refractivity contribution >= 4 is 34.9 Å². The van der Waals surface area contributed by atoms with E-state index in [4.69, 9.17) is 11.6 Å². The van der Waals surface area contributed by atoms with Crippen molar-refractivity contribution in [1.29, 1.82) is 0 Å². The molecule has 1 amide bonds. The molecule has 0 radical (unpaired) electrons. The van der Waals surface area contributed by atoms with E-state index in [1.54, 1.807) is 18.2 Å². The summed E-state index contributed by atoms with van der Waals surface area (Å²) >= 11 is 6.23. The van der Waals surface area contributed by atoms with Gasteiger partial charge in [-0.3, -0.25) is 4.79 Å². The number of carboxylic acid groups (broad SMARTS) is 1. The highest BCUT2D eigenvalue weighted by Gasteiger charge is 2.23. The molecule has 4 rings (SSSR count). The van der Waals surface area contributed by atoms with E-state index in [0.717, 1.165) is 27.9 Å². The Morgan fingerprint density at radius 1 is 0.833 bits per heavy atom. The van der Waals surface area contributed by atoms with Gasteiger partial charge in [0.25, 0.3) is 5.91 Å². The highest BCUT2D eigenvalue weighted by atomic mass is 35.5. The van der Waals surface area contributed by atoms with Crippen molar-refractivity contribution < 1.29 is 14.7 Å². The number of benzene rings is 4. The fourth-order valence-electron chi connectivity index (χ4n) is 4.64. The maximum atomic E-state index is 13.3. The number of hydrogen-bond donors (Lipinski definition) is 3. The molecule has 4 aromatic rings. The first-order chi connectivity index (χ1) is 19.9. The van der Waals surface area contributed by atoms with Crippen molar-refractivity contribution in [3.63, 3.8) is 0 Å². The topological polar surface area (TPSA) is 81.7 Å². The summed E-state index contributed by atoms with van der Waals surface area (Å²) in [5.41, 5.74) is 7.25. The van der Waals surface area contributed by atoms with Crippen molar-refractivity contribution in [2.75, 3.05) is 24.3 Å². The minimum atomic E-state index is -1.11. The minimum absolute atomic E-state index is 0.0638. The summed E-state index contributed by atoms with van der Waals surface area (Å²) in [4.78, 5) is 27.5. The predicted octanol–water partition coefficient (Wildman–Crippen LogP) is 7.41. The van der Waals surface area contributed by atoms with Crippen LogP contribution in [0.1, 0.15) is 47.8 Å². The zero-order chi connectivity index (χ0) is 30.4. The molecule has 0 saturated heterocycles. The van der Waals surface area contributed by atoms with Crippen LogP contribution in [0.3, 0.4) is 0 Å². The van der Waals surface area contributed by atoms with Crippen LogP contribution in [0.15, 0.2) is 91.0 Å². The van der Waals surface area contributed by atoms with Crippen LogP contribution in [0.25, 0.3) is 11.1 Å². The summed E-state index contributed by atoms with van der Waals surface area (Å²) in [6.45, 7) is 7.01. The molecule has 0 heterocycles. The van der Waals surface area contributed by atoms with Crippen LogP contribution in [0, 0.1) is 0 Å². The van der Waals surface area contributed by atoms with Gasteiger partial charge in [0, 0.05) is 43.5 Å². The molecule has 0 saturated carbocycles. The van der Waals surface area contributed by atoms with Crippen LogP contribution in [0.4, 0.5) is 11.4 Å². The highest BCUT2D eigenvalue weighted by molar-refractivity contribution is 6.31. The lowest BCUT2D eigenvalue weighted by Gasteiger charge is -2.19. The van der Waals surface area contributed by atoms with Gasteiger partial charge in [-0.25, -0.2) is 4.79 Å². The standard InChI is InChI=1S/C35H38ClN3O3/c1-35(2,3)27-14-8-24(9-15-27)22-37-31-19-16-28(36)21-30(31)33(40)38-32(34(41)42)20-23-6-10-25(11-7-23)26-12-17-29(18-13-26)39(4)5/h6-19,21,32,37H,20,22H2,1-5H3,(H,38,40)(H,41,42). The van der Waals surface area contributed by atoms with E-state index in [-0.39, 0.29) is 17.4 Å². The Balaban J connectivity index is 1.44. The Morgan fingerprint density at radius 2 is 1.40 bits per heavy atom. The van der Waals surface area contributed by atoms with Crippen LogP contribution in [0.5, 0.6) is 0 Å². The second kappa shape index (κ2) is 13.1. The van der Waals surface area contributed by atoms with Gasteiger partial charge in [0.2, 0.25) is 0 Å². The smallest absolute Gasteiger partial charge is 0.326 e. The molecule has 4 aromatic carbocycles. The van der Waals surface area contributed by atoms with Crippen LogP contribution >= 0.6 is 11.6 Å². The third-order valence-corrected chi connectivity index (χ3v) is 7.48. The third kappa shape index (κ3) is 7.92. The first-order valence-corrected chi connectivity index (χ1v) is 14.3. The zero-order valence-electron chi connectivity index (χ0n) is 24.7. The van der Waals surface area contributed by atoms with Crippen molar-refractivity contribution in [3.8, 4) is 11.1 Å². The number of nitrogens with zero attached hydrogens (tertiary/aromatic N) is 1. The van der Waals surface area contributed by atoms with Crippen LogP contribution in [-0.2, 0) is 23.2 Å². The highest BCUT2D eigenvalue weighted by Crippen LogP contribution is 2.26. The monoisotopic (exact) mass is 583 g/mol. The minimum Gasteiger partial charge on any atom is -0.480 e. The summed E-state index contributed by atoms with van der Waals surface area (Å²) < 4.78 is 0. The quantitative estimate of drug-likeness (QED) is 0.181. The first kappa shape index (κ1) is 30.7. The molecule has 0 bridgehead atoms. The van der Waals surface area contributed by atoms with Crippen molar-refractivity contribution in [2.24, 2.45) is 0 Å². The number of hydrogen-bond acceptors (Lipinski definition) is 4. The lowest BCUT2D eigenvalue weighted by atomic mass is 9.87. The van der Waals surface area contributed by atoms with Gasteiger partial charge >= 0.3 is 5.97 Å². The number of carbonyl (C=O) groups is 2. The zero-order valence-corrected chi connectivity index (χ0v) is 25.5. The second-order valence-corrected chi connectivity index (χ2v) is 12.1. The molecular formula is C35H38ClN3O3. The van der Waals surface area contributed by atoms with Crippen LogP contribution in [0.2, 0.25) is 5.02 Å². The van der Waals surface area contributed by atoms with Crippen molar-refractivity contribution in [2.45, 2.75) is 45.2 Å². The van der Waals surface area contributed by atoms with Gasteiger partial charge in [-0.1, -0.05) is 93.0 Å². The average Bonchev–Trinajstić information content (AvgIpc) is 2.96. The number of halogens is 1. The normalized spacial score (nSPS) is 12.0. The molecule has 0 fully saturated rings. The Morgan fingerprint density at radius 3 is 1.95 bits per heavy atom. The van der Waals surface area contributed by atoms with Gasteiger partial charge in [-0.05, 0) is 63.6 Å². The van der Waals surface area contributed by atoms with Crippen LogP contribution < -0.4 is 15.5 Å². The number of amides is 1. The molecule has 0 aliphatic heterocycles. The van der Waals surface area contributed by atoms with E-state index >= 15 is 0 Å². The fraction of sp³-hybridized carbons (Fsp3) is 0.257. The van der Waals surface area contributed by atoms with Gasteiger partial charge in [0.1, 0.15) is 6.04 Å². The fourth-order valence-corrected chi connectivity index (χ4v) is 4.81. The lowest BCUT2D eigenvalue weighted by molar-refractivity contribution is -0.139. The molecule has 3 N–H and O–H groups in total. The Bertz CT molecular complexity index is 1520. The maximum Gasteiger partial charge on any atom is 0.326 e. The summed E-state index contributed by atoms with van der Waals surface area (Å²) in [6.07, 6.45) is 0.143. The van der Waals surface area contributed by atoms with Crippen molar-refractivity contribution in [3.05, 3.63) is 118 Å². The van der Waals surface area contributed by atoms with E-state index in [0.29, 0.717) is 17.3 Å². The Labute approximate surface area is 253 Å². The number of carbonyl (C=O) groups excluding carboxylic acids is 1. The van der Waals surface area contributed by atoms with Crippen molar-refractivity contribution in [1.82, 2.24) is 5.32 Å². The Hall–Kier alpha value is -4.29. The summed E-state index contributed by atoms with van der Waals surface area (Å²) in [5, 5.41) is 16.3. The third-order valence-electron chi connectivity index (χ3n) is 7.24. The predicted molar refractivity (Wildman–Crippen MR) is 173 cm³/mol. The summed E-state index contributed by atoms with van der Waals surface area (Å²) in [5.74, 6) is -1.62. The molecule has 0 aromatic heterocycles. The number of carboxylic acids is 1. The lowest BCUT2D eigenvalue weighted by Crippen LogP contribution is -2.42. The SMILES string of the molecule is CN(C)c1ccc(-c2ccc(CC(NC(=O)c3cc(Cl)ccc3NCc3ccc(C(C)(C)C)cc3)C(=O)O)cc2)cc1. The molecule has 0 spiro atoms. The van der Waals surface area contributed by atoms with Gasteiger partial charge in [0.15, 0.2) is 0 Å². The second-order valence-electron chi connectivity index (χ2n) is 11.7. The number of aliphatic carboxylic acids is 1. The molecular weight excluding hydrogens is 546 g/mol. The maximum absolute atomic E-state index is 13.3. The first-order valence-electron chi connectivity index (χ1n) is 13.9. The average molecular weight is 584 g/mol. The molecule has 6 nitrogen and oxygen atoms in total. The van der Waals surface area contributed by atoms with Gasteiger partial charge in [0.05, 0.1) is 5.56 Å². The molecule has 1 unspecified atom stereocenters. The van der Waals surface area contributed by atoms with Gasteiger partial charge in [-0.2, -0.15) is 0 Å². The molecule has 7 heteroatoms. The van der Waals surface area contributed by atoms with Crippen LogP contribution in [-0.4, -0.2) is 37.1 Å². The molecule has 0 aliphatic carbocycles. The van der Waals surface area contributed by atoms with E-state index in [2.05, 4.69) is 79.9 Å². The van der Waals surface area contributed by atoms with E-state index < -0.39 is 17.9 Å². The van der Waals surface area contributed by atoms with Gasteiger partial charge < -0.3 is 20.6 Å².